The number of carbonyl (C=O) groups excluding carboxylic acids is 2. The van der Waals surface area contributed by atoms with Gasteiger partial charge in [0.25, 0.3) is 11.8 Å². The van der Waals surface area contributed by atoms with Gasteiger partial charge < -0.3 is 31.1 Å². The van der Waals surface area contributed by atoms with Crippen molar-refractivity contribution >= 4 is 58.4 Å². The Balaban J connectivity index is 0.000000283. The number of nitrogens with one attached hydrogen (secondary N) is 6. The van der Waals surface area contributed by atoms with Crippen LogP contribution in [0.3, 0.4) is 0 Å². The van der Waals surface area contributed by atoms with Crippen molar-refractivity contribution in [1.82, 2.24) is 30.9 Å². The first-order valence-electron chi connectivity index (χ1n) is 21.1. The van der Waals surface area contributed by atoms with E-state index in [0.717, 1.165) is 24.0 Å². The summed E-state index contributed by atoms with van der Waals surface area (Å²) >= 11 is 0. The van der Waals surface area contributed by atoms with Gasteiger partial charge >= 0.3 is 0 Å². The highest BCUT2D eigenvalue weighted by Gasteiger charge is 2.25. The number of benzene rings is 2. The van der Waals surface area contributed by atoms with Crippen LogP contribution < -0.4 is 42.0 Å². The van der Waals surface area contributed by atoms with Gasteiger partial charge in [-0.15, -0.1) is 0 Å². The van der Waals surface area contributed by atoms with Gasteiger partial charge in [0.05, 0.1) is 14.2 Å². The van der Waals surface area contributed by atoms with E-state index in [4.69, 9.17) is 14.7 Å². The zero-order valence-corrected chi connectivity index (χ0v) is 39.5. The first-order chi connectivity index (χ1) is 30.2. The van der Waals surface area contributed by atoms with Crippen molar-refractivity contribution in [3.05, 3.63) is 69.8 Å². The van der Waals surface area contributed by atoms with Crippen LogP contribution in [0.1, 0.15) is 110 Å². The van der Waals surface area contributed by atoms with Crippen LogP contribution in [0.2, 0.25) is 0 Å². The summed E-state index contributed by atoms with van der Waals surface area (Å²) in [5, 5.41) is 32.9. The van der Waals surface area contributed by atoms with E-state index in [1.54, 1.807) is 31.3 Å². The predicted molar refractivity (Wildman–Crippen MR) is 252 cm³/mol. The third kappa shape index (κ3) is 13.9. The van der Waals surface area contributed by atoms with Crippen LogP contribution in [-0.2, 0) is 9.68 Å². The standard InChI is InChI=1S/C25H35N7O2.C21H29N7O2/c1-16-11-12-17(23(33)31-34-6)13-20(16)28-21-19(14-26)22(32(5)15-25(2,3)4)30-24(29-21)27-18-9-7-8-10-18;1-13-8-9-14(19(29)27-30-7)10-16(13)24-17-15(11-22)18(26-20(23-5)25-17)28(6)12-21(2,3)4/h11-13,18H,7-10,15H2,1-6H3,(H,31,33)(H2,27,28,29,30);8-10H,12H2,1-7H3,(H,27,29)(H2,23,24,25,26). The predicted octanol–water partition coefficient (Wildman–Crippen LogP) is 7.74. The maximum absolute atomic E-state index is 12.2. The number of carbonyl (C=O) groups is 2. The van der Waals surface area contributed by atoms with Gasteiger partial charge in [0.2, 0.25) is 11.9 Å². The summed E-state index contributed by atoms with van der Waals surface area (Å²) in [4.78, 5) is 56.1. The molecule has 4 aromatic rings. The van der Waals surface area contributed by atoms with Crippen molar-refractivity contribution in [2.45, 2.75) is 87.1 Å². The minimum absolute atomic E-state index is 0.0126. The number of anilines is 8. The van der Waals surface area contributed by atoms with E-state index in [2.05, 4.69) is 101 Å². The summed E-state index contributed by atoms with van der Waals surface area (Å²) in [5.41, 5.74) is 9.30. The SMILES string of the molecule is CNc1nc(Nc2cc(C(=O)NOC)ccc2C)c(C#N)c(N(C)CC(C)(C)C)n1.CONC(=O)c1ccc(C)c(Nc2nc(NC3CCCC3)nc(N(C)CC(C)(C)C)c2C#N)c1. The van der Waals surface area contributed by atoms with Crippen molar-refractivity contribution in [3.8, 4) is 12.1 Å². The van der Waals surface area contributed by atoms with E-state index >= 15 is 0 Å². The lowest BCUT2D eigenvalue weighted by Crippen LogP contribution is -2.31. The summed E-state index contributed by atoms with van der Waals surface area (Å²) < 4.78 is 0. The molecule has 2 amide bonds. The molecule has 2 heterocycles. The molecule has 64 heavy (non-hydrogen) atoms. The fraction of sp³-hybridized carbons (Fsp3) is 0.478. The number of hydroxylamine groups is 2. The van der Waals surface area contributed by atoms with Crippen molar-refractivity contribution in [2.24, 2.45) is 10.8 Å². The molecule has 5 rings (SSSR count). The van der Waals surface area contributed by atoms with Crippen LogP contribution in [0, 0.1) is 47.3 Å². The summed E-state index contributed by atoms with van der Waals surface area (Å²) in [7, 11) is 8.33. The minimum atomic E-state index is -0.370. The number of rotatable bonds is 15. The second-order valence-corrected chi connectivity index (χ2v) is 18.2. The van der Waals surface area contributed by atoms with Crippen LogP contribution in [-0.4, -0.2) is 86.2 Å². The Kier molecular flexibility index (Phi) is 17.2. The van der Waals surface area contributed by atoms with Crippen LogP contribution in [0.5, 0.6) is 0 Å². The van der Waals surface area contributed by atoms with Gasteiger partial charge in [0, 0.05) is 62.8 Å². The van der Waals surface area contributed by atoms with Gasteiger partial charge in [0.1, 0.15) is 23.3 Å². The molecule has 2 aromatic carbocycles. The van der Waals surface area contributed by atoms with Gasteiger partial charge in [-0.05, 0) is 72.9 Å². The number of nitriles is 2. The Labute approximate surface area is 377 Å². The number of aryl methyl sites for hydroxylation is 2. The molecule has 0 spiro atoms. The molecule has 18 heteroatoms. The van der Waals surface area contributed by atoms with Crippen molar-refractivity contribution in [1.29, 1.82) is 10.5 Å². The second-order valence-electron chi connectivity index (χ2n) is 18.2. The molecule has 1 fully saturated rings. The topological polar surface area (TPSA) is 230 Å². The van der Waals surface area contributed by atoms with Gasteiger partial charge in [-0.1, -0.05) is 66.5 Å². The Bertz CT molecular complexity index is 2350. The van der Waals surface area contributed by atoms with Gasteiger partial charge in [-0.25, -0.2) is 11.0 Å². The van der Waals surface area contributed by atoms with Gasteiger partial charge in [-0.3, -0.25) is 19.3 Å². The highest BCUT2D eigenvalue weighted by Crippen LogP contribution is 2.33. The maximum atomic E-state index is 12.2. The lowest BCUT2D eigenvalue weighted by Gasteiger charge is -2.29. The molecule has 0 bridgehead atoms. The van der Waals surface area contributed by atoms with E-state index in [1.165, 1.54) is 27.1 Å². The van der Waals surface area contributed by atoms with E-state index < -0.39 is 0 Å². The van der Waals surface area contributed by atoms with Crippen molar-refractivity contribution < 1.29 is 19.3 Å². The van der Waals surface area contributed by atoms with Crippen LogP contribution in [0.4, 0.5) is 46.5 Å². The number of hydrogen-bond acceptors (Lipinski definition) is 16. The number of amides is 2. The highest BCUT2D eigenvalue weighted by molar-refractivity contribution is 5.95. The Morgan fingerprint density at radius 3 is 1.48 bits per heavy atom. The van der Waals surface area contributed by atoms with E-state index in [1.807, 2.05) is 49.9 Å². The fourth-order valence-corrected chi connectivity index (χ4v) is 7.19. The second kappa shape index (κ2) is 22.0. The maximum Gasteiger partial charge on any atom is 0.274 e. The number of hydrogen-bond donors (Lipinski definition) is 6. The van der Waals surface area contributed by atoms with Gasteiger partial charge in [-0.2, -0.15) is 30.5 Å². The highest BCUT2D eigenvalue weighted by atomic mass is 16.6. The van der Waals surface area contributed by atoms with E-state index in [9.17, 15) is 20.1 Å². The fourth-order valence-electron chi connectivity index (χ4n) is 7.19. The molecule has 6 N–H and O–H groups in total. The van der Waals surface area contributed by atoms with Crippen molar-refractivity contribution in [3.63, 3.8) is 0 Å². The average Bonchev–Trinajstić information content (AvgIpc) is 3.74. The molecular formula is C46H64N14O4. The molecule has 1 saturated carbocycles. The Hall–Kier alpha value is -6.76. The summed E-state index contributed by atoms with van der Waals surface area (Å²) in [6.45, 7) is 18.0. The summed E-state index contributed by atoms with van der Waals surface area (Å²) in [5.74, 6) is 2.02. The average molecular weight is 877 g/mol. The lowest BCUT2D eigenvalue weighted by molar-refractivity contribution is 0.0533. The lowest BCUT2D eigenvalue weighted by atomic mass is 9.96. The first-order valence-corrected chi connectivity index (χ1v) is 21.1. The third-order valence-electron chi connectivity index (χ3n) is 9.96. The largest absolute Gasteiger partial charge is 0.358 e. The summed E-state index contributed by atoms with van der Waals surface area (Å²) in [6.07, 6.45) is 4.53. The number of nitrogens with zero attached hydrogens (tertiary/aromatic N) is 8. The smallest absolute Gasteiger partial charge is 0.274 e. The minimum Gasteiger partial charge on any atom is -0.358 e. The zero-order valence-electron chi connectivity index (χ0n) is 39.5. The Morgan fingerprint density at radius 1 is 0.703 bits per heavy atom. The first kappa shape index (κ1) is 49.9. The van der Waals surface area contributed by atoms with Crippen LogP contribution >= 0.6 is 0 Å². The van der Waals surface area contributed by atoms with Crippen molar-refractivity contribution in [2.75, 3.05) is 79.5 Å². The molecule has 0 saturated heterocycles. The normalized spacial score (nSPS) is 12.5. The molecule has 0 unspecified atom stereocenters. The molecule has 342 valence electrons. The van der Waals surface area contributed by atoms with E-state index in [-0.39, 0.29) is 22.6 Å². The van der Waals surface area contributed by atoms with Crippen LogP contribution in [0.15, 0.2) is 36.4 Å². The number of aromatic nitrogens is 4. The van der Waals surface area contributed by atoms with E-state index in [0.29, 0.717) is 87.9 Å². The molecule has 1 aliphatic rings. The molecule has 0 atom stereocenters. The molecule has 0 aliphatic heterocycles. The summed E-state index contributed by atoms with van der Waals surface area (Å²) in [6, 6.07) is 15.3. The molecular weight excluding hydrogens is 813 g/mol. The third-order valence-corrected chi connectivity index (χ3v) is 9.96. The molecule has 18 nitrogen and oxygen atoms in total. The quantitative estimate of drug-likeness (QED) is 0.0627. The van der Waals surface area contributed by atoms with Crippen LogP contribution in [0.25, 0.3) is 0 Å². The molecule has 1 aliphatic carbocycles. The molecule has 2 aromatic heterocycles. The Morgan fingerprint density at radius 2 is 1.11 bits per heavy atom. The monoisotopic (exact) mass is 877 g/mol. The molecule has 0 radical (unpaired) electrons. The van der Waals surface area contributed by atoms with Gasteiger partial charge in [0.15, 0.2) is 23.3 Å². The zero-order chi connectivity index (χ0) is 47.4.